The van der Waals surface area contributed by atoms with E-state index in [0.29, 0.717) is 12.3 Å². The highest BCUT2D eigenvalue weighted by Crippen LogP contribution is 2.33. The van der Waals surface area contributed by atoms with Gasteiger partial charge in [0.05, 0.1) is 6.20 Å². The summed E-state index contributed by atoms with van der Waals surface area (Å²) in [6.45, 7) is 3.10. The monoisotopic (exact) mass is 275 g/mol. The van der Waals surface area contributed by atoms with Crippen molar-refractivity contribution in [3.8, 4) is 0 Å². The van der Waals surface area contributed by atoms with Crippen LogP contribution in [-0.4, -0.2) is 53.0 Å². The molecule has 1 aromatic heterocycles. The van der Waals surface area contributed by atoms with Gasteiger partial charge in [-0.25, -0.2) is 4.98 Å². The second kappa shape index (κ2) is 5.75. The van der Waals surface area contributed by atoms with Crippen molar-refractivity contribution in [3.05, 3.63) is 18.6 Å². The minimum Gasteiger partial charge on any atom is -0.352 e. The Hall–Kier alpha value is -1.69. The Bertz CT molecular complexity index is 454. The van der Waals surface area contributed by atoms with Gasteiger partial charge in [-0.3, -0.25) is 9.78 Å². The van der Waals surface area contributed by atoms with Crippen LogP contribution in [0, 0.1) is 5.92 Å². The molecule has 20 heavy (non-hydrogen) atoms. The summed E-state index contributed by atoms with van der Waals surface area (Å²) >= 11 is 0. The lowest BCUT2D eigenvalue weighted by Gasteiger charge is -2.35. The average Bonchev–Trinajstić information content (AvgIpc) is 3.33. The summed E-state index contributed by atoms with van der Waals surface area (Å²) in [6.07, 6.45) is 8.00. The number of anilines is 1. The number of nitrogens with two attached hydrogens (primary N) is 1. The zero-order valence-electron chi connectivity index (χ0n) is 11.6. The first-order chi connectivity index (χ1) is 9.74. The summed E-state index contributed by atoms with van der Waals surface area (Å²) in [6, 6.07) is 0.0560. The normalized spacial score (nSPS) is 20.9. The first-order valence-electron chi connectivity index (χ1n) is 7.28. The van der Waals surface area contributed by atoms with Gasteiger partial charge in [-0.2, -0.15) is 0 Å². The van der Waals surface area contributed by atoms with Crippen LogP contribution < -0.4 is 10.6 Å². The highest BCUT2D eigenvalue weighted by Gasteiger charge is 2.31. The van der Waals surface area contributed by atoms with E-state index in [1.54, 1.807) is 18.6 Å². The first-order valence-corrected chi connectivity index (χ1v) is 7.28. The van der Waals surface area contributed by atoms with Crippen molar-refractivity contribution in [2.75, 3.05) is 31.1 Å². The molecule has 1 aliphatic carbocycles. The van der Waals surface area contributed by atoms with E-state index >= 15 is 0 Å². The highest BCUT2D eigenvalue weighted by atomic mass is 16.2. The van der Waals surface area contributed by atoms with E-state index in [2.05, 4.69) is 14.9 Å². The Labute approximate surface area is 119 Å². The number of hydrogen-bond donors (Lipinski definition) is 1. The van der Waals surface area contributed by atoms with Crippen LogP contribution in [0.2, 0.25) is 0 Å². The molecule has 0 radical (unpaired) electrons. The molecule has 2 fully saturated rings. The predicted octanol–water partition coefficient (Wildman–Crippen LogP) is 0.253. The van der Waals surface area contributed by atoms with Gasteiger partial charge >= 0.3 is 0 Å². The molecule has 108 valence electrons. The van der Waals surface area contributed by atoms with E-state index in [4.69, 9.17) is 5.73 Å². The average molecular weight is 275 g/mol. The smallest absolute Gasteiger partial charge is 0.224 e. The Morgan fingerprint density at radius 1 is 1.30 bits per heavy atom. The summed E-state index contributed by atoms with van der Waals surface area (Å²) < 4.78 is 0. The Morgan fingerprint density at radius 3 is 2.65 bits per heavy atom. The minimum atomic E-state index is 0.0560. The molecule has 6 nitrogen and oxygen atoms in total. The van der Waals surface area contributed by atoms with Crippen molar-refractivity contribution >= 4 is 11.7 Å². The van der Waals surface area contributed by atoms with Crippen LogP contribution in [0.25, 0.3) is 0 Å². The van der Waals surface area contributed by atoms with Gasteiger partial charge in [0.2, 0.25) is 5.91 Å². The SMILES string of the molecule is NC(CC(=O)N1CCN(c2cnccn2)CC1)C1CC1. The lowest BCUT2D eigenvalue weighted by Crippen LogP contribution is -2.50. The number of aromatic nitrogens is 2. The molecule has 2 heterocycles. The summed E-state index contributed by atoms with van der Waals surface area (Å²) in [4.78, 5) is 24.6. The molecule has 1 saturated carbocycles. The van der Waals surface area contributed by atoms with Crippen LogP contribution in [0.3, 0.4) is 0 Å². The van der Waals surface area contributed by atoms with Crippen LogP contribution in [0.15, 0.2) is 18.6 Å². The van der Waals surface area contributed by atoms with Crippen molar-refractivity contribution in [1.29, 1.82) is 0 Å². The maximum Gasteiger partial charge on any atom is 0.224 e. The molecule has 2 aliphatic rings. The van der Waals surface area contributed by atoms with E-state index in [0.717, 1.165) is 32.0 Å². The summed E-state index contributed by atoms with van der Waals surface area (Å²) in [5.41, 5.74) is 6.03. The molecule has 0 spiro atoms. The molecule has 3 rings (SSSR count). The van der Waals surface area contributed by atoms with Gasteiger partial charge in [-0.05, 0) is 18.8 Å². The maximum absolute atomic E-state index is 12.2. The summed E-state index contributed by atoms with van der Waals surface area (Å²) in [7, 11) is 0. The number of carbonyl (C=O) groups is 1. The highest BCUT2D eigenvalue weighted by molar-refractivity contribution is 5.77. The van der Waals surface area contributed by atoms with E-state index in [1.807, 2.05) is 4.90 Å². The largest absolute Gasteiger partial charge is 0.352 e. The van der Waals surface area contributed by atoms with Gasteiger partial charge in [0.15, 0.2) is 0 Å². The van der Waals surface area contributed by atoms with Gasteiger partial charge in [0, 0.05) is 51.0 Å². The molecule has 1 saturated heterocycles. The summed E-state index contributed by atoms with van der Waals surface area (Å²) in [5, 5.41) is 0. The number of hydrogen-bond acceptors (Lipinski definition) is 5. The van der Waals surface area contributed by atoms with E-state index in [1.165, 1.54) is 12.8 Å². The lowest BCUT2D eigenvalue weighted by atomic mass is 10.1. The van der Waals surface area contributed by atoms with Gasteiger partial charge in [-0.15, -0.1) is 0 Å². The quantitative estimate of drug-likeness (QED) is 0.852. The van der Waals surface area contributed by atoms with Crippen LogP contribution in [0.4, 0.5) is 5.82 Å². The Kier molecular flexibility index (Phi) is 3.82. The molecule has 1 amide bonds. The second-order valence-electron chi connectivity index (χ2n) is 5.64. The third-order valence-electron chi connectivity index (χ3n) is 4.14. The number of nitrogens with zero attached hydrogens (tertiary/aromatic N) is 4. The molecule has 1 atom stereocenters. The zero-order chi connectivity index (χ0) is 13.9. The van der Waals surface area contributed by atoms with Gasteiger partial charge < -0.3 is 15.5 Å². The van der Waals surface area contributed by atoms with Gasteiger partial charge in [0.25, 0.3) is 0 Å². The van der Waals surface area contributed by atoms with Gasteiger partial charge in [-0.1, -0.05) is 0 Å². The Morgan fingerprint density at radius 2 is 2.05 bits per heavy atom. The lowest BCUT2D eigenvalue weighted by molar-refractivity contribution is -0.131. The van der Waals surface area contributed by atoms with Crippen LogP contribution in [-0.2, 0) is 4.79 Å². The molecular weight excluding hydrogens is 254 g/mol. The predicted molar refractivity (Wildman–Crippen MR) is 76.1 cm³/mol. The molecule has 1 unspecified atom stereocenters. The fourth-order valence-corrected chi connectivity index (χ4v) is 2.66. The molecule has 1 aliphatic heterocycles. The zero-order valence-corrected chi connectivity index (χ0v) is 11.6. The van der Waals surface area contributed by atoms with E-state index in [9.17, 15) is 4.79 Å². The molecule has 1 aromatic rings. The maximum atomic E-state index is 12.2. The number of carbonyl (C=O) groups excluding carboxylic acids is 1. The van der Waals surface area contributed by atoms with Crippen molar-refractivity contribution in [1.82, 2.24) is 14.9 Å². The number of rotatable bonds is 4. The van der Waals surface area contributed by atoms with Crippen molar-refractivity contribution < 1.29 is 4.79 Å². The number of piperazine rings is 1. The molecule has 0 aromatic carbocycles. The summed E-state index contributed by atoms with van der Waals surface area (Å²) in [5.74, 6) is 1.66. The minimum absolute atomic E-state index is 0.0560. The standard InChI is InChI=1S/C14H21N5O/c15-12(11-1-2-11)9-14(20)19-7-5-18(6-8-19)13-10-16-3-4-17-13/h3-4,10-12H,1-2,5-9,15H2. The number of amides is 1. The molecule has 2 N–H and O–H groups in total. The van der Waals surface area contributed by atoms with E-state index in [-0.39, 0.29) is 11.9 Å². The Balaban J connectivity index is 1.49. The third-order valence-corrected chi connectivity index (χ3v) is 4.14. The van der Waals surface area contributed by atoms with Crippen molar-refractivity contribution in [2.24, 2.45) is 11.7 Å². The van der Waals surface area contributed by atoms with Crippen LogP contribution in [0.1, 0.15) is 19.3 Å². The fraction of sp³-hybridized carbons (Fsp3) is 0.643. The van der Waals surface area contributed by atoms with Crippen molar-refractivity contribution in [3.63, 3.8) is 0 Å². The third kappa shape index (κ3) is 3.07. The second-order valence-corrected chi connectivity index (χ2v) is 5.64. The fourth-order valence-electron chi connectivity index (χ4n) is 2.66. The van der Waals surface area contributed by atoms with Crippen LogP contribution in [0.5, 0.6) is 0 Å². The first kappa shape index (κ1) is 13.3. The van der Waals surface area contributed by atoms with Crippen molar-refractivity contribution in [2.45, 2.75) is 25.3 Å². The molecular formula is C14H21N5O. The molecule has 6 heteroatoms. The van der Waals surface area contributed by atoms with Gasteiger partial charge in [0.1, 0.15) is 5.82 Å². The van der Waals surface area contributed by atoms with E-state index < -0.39 is 0 Å². The molecule has 0 bridgehead atoms. The van der Waals surface area contributed by atoms with Crippen LogP contribution >= 0.6 is 0 Å². The topological polar surface area (TPSA) is 75.4 Å².